The molecule has 3 aromatic rings. The summed E-state index contributed by atoms with van der Waals surface area (Å²) in [4.78, 5) is 11.0. The normalized spacial score (nSPS) is 10.5. The van der Waals surface area contributed by atoms with Crippen molar-refractivity contribution >= 4 is 23.1 Å². The highest BCUT2D eigenvalue weighted by Crippen LogP contribution is 2.25. The zero-order valence-corrected chi connectivity index (χ0v) is 10.9. The molecular weight excluding hydrogens is 276 g/mol. The first-order chi connectivity index (χ1) is 10.2. The van der Waals surface area contributed by atoms with Crippen molar-refractivity contribution < 1.29 is 14.6 Å². The maximum Gasteiger partial charge on any atom is 0.339 e. The topological polar surface area (TPSA) is 115 Å². The molecule has 21 heavy (non-hydrogen) atoms. The summed E-state index contributed by atoms with van der Waals surface area (Å²) < 4.78 is 6.35. The minimum atomic E-state index is -1.05. The number of fused-ring (bicyclic) bond motifs is 1. The first-order valence-corrected chi connectivity index (χ1v) is 5.91. The molecule has 0 aliphatic heterocycles. The summed E-state index contributed by atoms with van der Waals surface area (Å²) in [5.74, 6) is -0.275. The van der Waals surface area contributed by atoms with Crippen LogP contribution < -0.4 is 10.1 Å². The molecule has 0 atom stereocenters. The lowest BCUT2D eigenvalue weighted by atomic mass is 10.2. The van der Waals surface area contributed by atoms with Gasteiger partial charge in [0.1, 0.15) is 11.3 Å². The van der Waals surface area contributed by atoms with Gasteiger partial charge in [-0.3, -0.25) is 0 Å². The second-order valence-electron chi connectivity index (χ2n) is 4.09. The van der Waals surface area contributed by atoms with Crippen LogP contribution in [0, 0.1) is 0 Å². The van der Waals surface area contributed by atoms with E-state index in [1.807, 2.05) is 0 Å². The van der Waals surface area contributed by atoms with Crippen molar-refractivity contribution in [3.63, 3.8) is 0 Å². The highest BCUT2D eigenvalue weighted by molar-refractivity contribution is 5.91. The van der Waals surface area contributed by atoms with Crippen molar-refractivity contribution in [1.82, 2.24) is 25.3 Å². The number of rotatable bonds is 4. The van der Waals surface area contributed by atoms with Gasteiger partial charge in [-0.25, -0.2) is 4.79 Å². The zero-order chi connectivity index (χ0) is 14.8. The number of hydrogen-bond acceptors (Lipinski definition) is 7. The number of methoxy groups -OCH3 is 1. The smallest absolute Gasteiger partial charge is 0.339 e. The van der Waals surface area contributed by atoms with E-state index in [1.165, 1.54) is 17.8 Å². The van der Waals surface area contributed by atoms with Crippen molar-refractivity contribution in [2.45, 2.75) is 0 Å². The molecule has 2 N–H and O–H groups in total. The minimum absolute atomic E-state index is 0.0898. The van der Waals surface area contributed by atoms with E-state index in [0.29, 0.717) is 17.2 Å². The Morgan fingerprint density at radius 1 is 1.33 bits per heavy atom. The van der Waals surface area contributed by atoms with Crippen molar-refractivity contribution in [1.29, 1.82) is 0 Å². The molecule has 0 fully saturated rings. The Kier molecular flexibility index (Phi) is 3.07. The Morgan fingerprint density at radius 3 is 2.95 bits per heavy atom. The molecule has 0 bridgehead atoms. The molecule has 3 rings (SSSR count). The second-order valence-corrected chi connectivity index (χ2v) is 4.09. The minimum Gasteiger partial charge on any atom is -0.496 e. The van der Waals surface area contributed by atoms with E-state index in [0.717, 1.165) is 0 Å². The van der Waals surface area contributed by atoms with Gasteiger partial charge in [0.05, 0.1) is 7.11 Å². The number of benzene rings is 1. The molecule has 0 saturated carbocycles. The standard InChI is InChI=1S/C12H10N6O3/c1-21-9-6-7(2-3-8(9)12(19)20)13-10-4-5-11-14-16-17-18(11)15-10/h2-6H,1H3,(H,13,15)(H,19,20). The van der Waals surface area contributed by atoms with E-state index in [9.17, 15) is 4.79 Å². The fraction of sp³-hybridized carbons (Fsp3) is 0.0833. The SMILES string of the molecule is COc1cc(Nc2ccc3nnnn3n2)ccc1C(=O)O. The molecule has 2 heterocycles. The van der Waals surface area contributed by atoms with Crippen LogP contribution in [0.3, 0.4) is 0 Å². The Hall–Kier alpha value is -3.23. The zero-order valence-electron chi connectivity index (χ0n) is 10.9. The maximum atomic E-state index is 11.0. The number of nitrogens with one attached hydrogen (secondary N) is 1. The van der Waals surface area contributed by atoms with E-state index in [2.05, 4.69) is 25.9 Å². The van der Waals surface area contributed by atoms with Crippen molar-refractivity contribution in [3.8, 4) is 5.75 Å². The molecule has 106 valence electrons. The fourth-order valence-electron chi connectivity index (χ4n) is 1.81. The average Bonchev–Trinajstić information content (AvgIpc) is 2.94. The predicted molar refractivity (Wildman–Crippen MR) is 71.8 cm³/mol. The van der Waals surface area contributed by atoms with Crippen LogP contribution in [-0.4, -0.2) is 43.4 Å². The lowest BCUT2D eigenvalue weighted by Crippen LogP contribution is -2.03. The maximum absolute atomic E-state index is 11.0. The van der Waals surface area contributed by atoms with Gasteiger partial charge in [-0.1, -0.05) is 0 Å². The van der Waals surface area contributed by atoms with Gasteiger partial charge in [-0.2, -0.15) is 0 Å². The molecule has 2 aromatic heterocycles. The lowest BCUT2D eigenvalue weighted by molar-refractivity contribution is 0.0693. The summed E-state index contributed by atoms with van der Waals surface area (Å²) in [5, 5.41) is 27.2. The molecule has 0 aliphatic rings. The number of carbonyl (C=O) groups is 1. The first kappa shape index (κ1) is 12.8. The van der Waals surface area contributed by atoms with Crippen LogP contribution in [0.4, 0.5) is 11.5 Å². The Labute approximate surface area is 118 Å². The Morgan fingerprint density at radius 2 is 2.19 bits per heavy atom. The van der Waals surface area contributed by atoms with Crippen LogP contribution in [0.15, 0.2) is 30.3 Å². The molecule has 0 amide bonds. The van der Waals surface area contributed by atoms with E-state index >= 15 is 0 Å². The van der Waals surface area contributed by atoms with E-state index < -0.39 is 5.97 Å². The van der Waals surface area contributed by atoms with Crippen LogP contribution in [0.1, 0.15) is 10.4 Å². The average molecular weight is 286 g/mol. The quantitative estimate of drug-likeness (QED) is 0.729. The predicted octanol–water partition coefficient (Wildman–Crippen LogP) is 0.970. The van der Waals surface area contributed by atoms with Gasteiger partial charge in [0.25, 0.3) is 0 Å². The number of nitrogens with zero attached hydrogens (tertiary/aromatic N) is 5. The van der Waals surface area contributed by atoms with Gasteiger partial charge in [0, 0.05) is 11.8 Å². The summed E-state index contributed by atoms with van der Waals surface area (Å²) in [5.41, 5.74) is 1.25. The number of hydrogen-bond donors (Lipinski definition) is 2. The highest BCUT2D eigenvalue weighted by Gasteiger charge is 2.11. The molecule has 9 heteroatoms. The second kappa shape index (κ2) is 5.04. The van der Waals surface area contributed by atoms with E-state index in [1.54, 1.807) is 24.3 Å². The van der Waals surface area contributed by atoms with Crippen molar-refractivity contribution in [2.75, 3.05) is 12.4 Å². The summed E-state index contributed by atoms with van der Waals surface area (Å²) in [6.07, 6.45) is 0. The number of aromatic carboxylic acids is 1. The number of carboxylic acids is 1. The number of ether oxygens (including phenoxy) is 1. The van der Waals surface area contributed by atoms with Crippen molar-refractivity contribution in [3.05, 3.63) is 35.9 Å². The van der Waals surface area contributed by atoms with Crippen LogP contribution in [0.2, 0.25) is 0 Å². The van der Waals surface area contributed by atoms with Crippen LogP contribution in [-0.2, 0) is 0 Å². The first-order valence-electron chi connectivity index (χ1n) is 5.91. The molecule has 0 radical (unpaired) electrons. The number of carboxylic acid groups (broad SMARTS) is 1. The summed E-state index contributed by atoms with van der Waals surface area (Å²) >= 11 is 0. The lowest BCUT2D eigenvalue weighted by Gasteiger charge is -2.09. The summed E-state index contributed by atoms with van der Waals surface area (Å²) in [6.45, 7) is 0. The summed E-state index contributed by atoms with van der Waals surface area (Å²) in [7, 11) is 1.41. The molecular formula is C12H10N6O3. The fourth-order valence-corrected chi connectivity index (χ4v) is 1.81. The Bertz CT molecular complexity index is 816. The summed E-state index contributed by atoms with van der Waals surface area (Å²) in [6, 6.07) is 8.08. The third-order valence-corrected chi connectivity index (χ3v) is 2.77. The Balaban J connectivity index is 1.91. The molecule has 0 aliphatic carbocycles. The number of aromatic nitrogens is 5. The van der Waals surface area contributed by atoms with Gasteiger partial charge in [0.15, 0.2) is 11.5 Å². The molecule has 9 nitrogen and oxygen atoms in total. The van der Waals surface area contributed by atoms with Gasteiger partial charge in [0.2, 0.25) is 0 Å². The molecule has 1 aromatic carbocycles. The van der Waals surface area contributed by atoms with Gasteiger partial charge in [-0.05, 0) is 34.7 Å². The van der Waals surface area contributed by atoms with Crippen LogP contribution >= 0.6 is 0 Å². The van der Waals surface area contributed by atoms with Gasteiger partial charge in [-0.15, -0.1) is 14.8 Å². The van der Waals surface area contributed by atoms with Gasteiger partial charge < -0.3 is 15.2 Å². The molecule has 0 spiro atoms. The van der Waals surface area contributed by atoms with Crippen LogP contribution in [0.25, 0.3) is 5.65 Å². The largest absolute Gasteiger partial charge is 0.496 e. The monoisotopic (exact) mass is 286 g/mol. The number of tetrazole rings is 1. The number of anilines is 2. The highest BCUT2D eigenvalue weighted by atomic mass is 16.5. The van der Waals surface area contributed by atoms with E-state index in [4.69, 9.17) is 9.84 Å². The third kappa shape index (κ3) is 2.43. The molecule has 0 unspecified atom stereocenters. The van der Waals surface area contributed by atoms with Gasteiger partial charge >= 0.3 is 5.97 Å². The van der Waals surface area contributed by atoms with Crippen LogP contribution in [0.5, 0.6) is 5.75 Å². The third-order valence-electron chi connectivity index (χ3n) is 2.77. The van der Waals surface area contributed by atoms with E-state index in [-0.39, 0.29) is 11.3 Å². The van der Waals surface area contributed by atoms with Crippen molar-refractivity contribution in [2.24, 2.45) is 0 Å². The molecule has 0 saturated heterocycles.